The molecule has 10 nitrogen and oxygen atoms in total. The lowest BCUT2D eigenvalue weighted by atomic mass is 11.1. The van der Waals surface area contributed by atoms with E-state index in [-0.39, 0.29) is 5.94 Å². The highest BCUT2D eigenvalue weighted by Crippen LogP contribution is 2.19. The van der Waals surface area contributed by atoms with Crippen LogP contribution in [0.1, 0.15) is 0 Å². The van der Waals surface area contributed by atoms with Gasteiger partial charge in [0.25, 0.3) is 0 Å². The lowest BCUT2D eigenvalue weighted by molar-refractivity contribution is -0.196. The Morgan fingerprint density at radius 1 is 0.730 bits per heavy atom. The number of carbonyl (C=O) groups is 1. The molecular weight excluding hydrogens is 679 g/mol. The van der Waals surface area contributed by atoms with Gasteiger partial charge >= 0.3 is 6.09 Å². The highest BCUT2D eigenvalue weighted by Gasteiger charge is 2.01. The SMILES string of the molecule is CSCSCN=COOCSCSCSCNC(=O)OCSCSCSCN=COOCSCSCO. The predicted octanol–water partition coefficient (Wildman–Crippen LogP) is 6.07. The number of aliphatic hydroxyl groups excluding tert-OH is 1. The Labute approximate surface area is 262 Å². The Bertz CT molecular complexity index is 548. The summed E-state index contributed by atoms with van der Waals surface area (Å²) in [6, 6.07) is 0. The molecule has 0 fully saturated rings. The van der Waals surface area contributed by atoms with Crippen molar-refractivity contribution in [3.05, 3.63) is 0 Å². The average molecular weight is 712 g/mol. The fourth-order valence-corrected chi connectivity index (χ4v) is 9.20. The molecule has 0 saturated carbocycles. The molecule has 0 aliphatic carbocycles. The molecule has 0 aromatic heterocycles. The summed E-state index contributed by atoms with van der Waals surface area (Å²) in [6.07, 6.45) is 4.26. The van der Waals surface area contributed by atoms with Crippen LogP contribution >= 0.6 is 118 Å². The van der Waals surface area contributed by atoms with Crippen LogP contribution in [0.4, 0.5) is 4.79 Å². The van der Waals surface area contributed by atoms with Crippen molar-refractivity contribution < 1.29 is 34.2 Å². The van der Waals surface area contributed by atoms with Crippen LogP contribution < -0.4 is 5.32 Å². The van der Waals surface area contributed by atoms with Crippen molar-refractivity contribution in [1.82, 2.24) is 5.32 Å². The summed E-state index contributed by atoms with van der Waals surface area (Å²) in [6.45, 7) is 0. The normalized spacial score (nSPS) is 11.4. The lowest BCUT2D eigenvalue weighted by Gasteiger charge is -2.06. The number of nitrogens with zero attached hydrogens (tertiary/aromatic N) is 2. The summed E-state index contributed by atoms with van der Waals surface area (Å²) < 4.78 is 5.13. The maximum atomic E-state index is 11.6. The van der Waals surface area contributed by atoms with E-state index in [1.807, 2.05) is 0 Å². The summed E-state index contributed by atoms with van der Waals surface area (Å²) in [4.78, 5) is 39.3. The summed E-state index contributed by atoms with van der Waals surface area (Å²) in [5, 5.41) is 16.5. The van der Waals surface area contributed by atoms with Gasteiger partial charge in [-0.1, -0.05) is 0 Å². The van der Waals surface area contributed by atoms with E-state index in [0.717, 1.165) is 30.5 Å². The van der Waals surface area contributed by atoms with Gasteiger partial charge in [-0.15, -0.1) is 106 Å². The number of thioether (sulfide) groups is 10. The number of aliphatic hydroxyl groups is 1. The number of ether oxygens (including phenoxy) is 1. The van der Waals surface area contributed by atoms with Gasteiger partial charge in [0, 0.05) is 30.5 Å². The maximum absolute atomic E-state index is 11.6. The molecule has 37 heavy (non-hydrogen) atoms. The first-order valence-electron chi connectivity index (χ1n) is 10.0. The van der Waals surface area contributed by atoms with Crippen molar-refractivity contribution in [3.8, 4) is 0 Å². The number of hydrogen-bond acceptors (Lipinski definition) is 19. The van der Waals surface area contributed by atoms with Gasteiger partial charge in [0.1, 0.15) is 17.8 Å². The molecule has 20 heteroatoms. The number of hydrogen-bond donors (Lipinski definition) is 2. The lowest BCUT2D eigenvalue weighted by Crippen LogP contribution is -2.23. The van der Waals surface area contributed by atoms with Crippen LogP contribution in [0.25, 0.3) is 0 Å². The highest BCUT2D eigenvalue weighted by atomic mass is 32.2. The number of rotatable bonds is 29. The van der Waals surface area contributed by atoms with Crippen LogP contribution in [0.2, 0.25) is 0 Å². The molecule has 0 spiro atoms. The van der Waals surface area contributed by atoms with E-state index >= 15 is 0 Å². The Morgan fingerprint density at radius 3 is 1.89 bits per heavy atom. The third kappa shape index (κ3) is 35.6. The summed E-state index contributed by atoms with van der Waals surface area (Å²) >= 11 is 16.3. The molecule has 218 valence electrons. The number of nitrogens with one attached hydrogen (secondary N) is 1. The first-order valence-corrected chi connectivity index (χ1v) is 21.8. The molecule has 0 radical (unpaired) electrons. The average Bonchev–Trinajstić information content (AvgIpc) is 2.90. The molecule has 0 aliphatic rings. The number of amides is 1. The van der Waals surface area contributed by atoms with Crippen LogP contribution in [0, 0.1) is 0 Å². The van der Waals surface area contributed by atoms with E-state index in [1.165, 1.54) is 36.3 Å². The van der Waals surface area contributed by atoms with Gasteiger partial charge in [0.2, 0.25) is 12.8 Å². The zero-order valence-electron chi connectivity index (χ0n) is 20.2. The van der Waals surface area contributed by atoms with Crippen LogP contribution in [-0.2, 0) is 24.3 Å². The fraction of sp³-hybridized carbons (Fsp3) is 0.824. The van der Waals surface area contributed by atoms with Crippen molar-refractivity contribution in [2.75, 3.05) is 78.2 Å². The monoisotopic (exact) mass is 711 g/mol. The summed E-state index contributed by atoms with van der Waals surface area (Å²) in [5.74, 6) is 3.01. The van der Waals surface area contributed by atoms with Gasteiger partial charge in [0.15, 0.2) is 0 Å². The van der Waals surface area contributed by atoms with Crippen LogP contribution in [0.15, 0.2) is 9.98 Å². The zero-order chi connectivity index (χ0) is 26.9. The molecular formula is C17H33N3O7S10. The molecule has 0 atom stereocenters. The van der Waals surface area contributed by atoms with Crippen molar-refractivity contribution in [3.63, 3.8) is 0 Å². The van der Waals surface area contributed by atoms with Gasteiger partial charge in [-0.3, -0.25) is 0 Å². The molecule has 0 unspecified atom stereocenters. The molecule has 0 aromatic rings. The Balaban J connectivity index is 3.22. The van der Waals surface area contributed by atoms with Crippen LogP contribution in [-0.4, -0.2) is 102 Å². The number of aliphatic imine (C=N–C) groups is 2. The fourth-order valence-electron chi connectivity index (χ4n) is 1.37. The molecule has 1 amide bonds. The van der Waals surface area contributed by atoms with Gasteiger partial charge < -0.3 is 24.9 Å². The number of carbonyl (C=O) groups excluding carboxylic acids is 1. The minimum Gasteiger partial charge on any atom is -0.438 e. The Hall–Kier alpha value is 1.59. The van der Waals surface area contributed by atoms with Crippen molar-refractivity contribution in [2.24, 2.45) is 9.98 Å². The molecule has 0 bridgehead atoms. The molecule has 0 aliphatic heterocycles. The molecule has 0 heterocycles. The molecule has 0 rings (SSSR count). The third-order valence-electron chi connectivity index (χ3n) is 2.68. The molecule has 2 N–H and O–H groups in total. The summed E-state index contributed by atoms with van der Waals surface area (Å²) in [7, 11) is 0. The van der Waals surface area contributed by atoms with E-state index in [9.17, 15) is 4.79 Å². The second-order valence-corrected chi connectivity index (χ2v) is 17.0. The smallest absolute Gasteiger partial charge is 0.408 e. The first-order chi connectivity index (χ1) is 18.3. The Kier molecular flexibility index (Phi) is 37.1. The van der Waals surface area contributed by atoms with E-state index < -0.39 is 6.09 Å². The van der Waals surface area contributed by atoms with Gasteiger partial charge in [-0.05, 0) is 6.26 Å². The van der Waals surface area contributed by atoms with Crippen molar-refractivity contribution in [1.29, 1.82) is 0 Å². The minimum absolute atomic E-state index is 0.106. The summed E-state index contributed by atoms with van der Waals surface area (Å²) in [5.41, 5.74) is 0. The minimum atomic E-state index is -0.403. The standard InChI is InChI=1S/C17H33N3O7S10/c1-28-11-29-4-18-2-24-27-10-35-16-37-13-31-6-20-17(22)23-8-33-15-36-12-30-5-19-3-25-26-9-34-14-32-7-21/h2-3,21H,4-16H2,1H3,(H,20,22). The molecule has 0 aromatic carbocycles. The predicted molar refractivity (Wildman–Crippen MR) is 178 cm³/mol. The van der Waals surface area contributed by atoms with E-state index in [4.69, 9.17) is 29.4 Å². The second-order valence-electron chi connectivity index (χ2n) is 5.33. The largest absolute Gasteiger partial charge is 0.438 e. The third-order valence-corrected chi connectivity index (χ3v) is 13.0. The van der Waals surface area contributed by atoms with Crippen molar-refractivity contribution >= 4 is 137 Å². The van der Waals surface area contributed by atoms with Gasteiger partial charge in [-0.25, -0.2) is 14.8 Å². The highest BCUT2D eigenvalue weighted by molar-refractivity contribution is 8.23. The zero-order valence-corrected chi connectivity index (χ0v) is 28.4. The van der Waals surface area contributed by atoms with E-state index in [1.54, 1.807) is 94.1 Å². The van der Waals surface area contributed by atoms with E-state index in [2.05, 4.69) is 21.6 Å². The van der Waals surface area contributed by atoms with Gasteiger partial charge in [-0.2, -0.15) is 21.5 Å². The van der Waals surface area contributed by atoms with Gasteiger partial charge in [0.05, 0.1) is 23.6 Å². The maximum Gasteiger partial charge on any atom is 0.408 e. The van der Waals surface area contributed by atoms with Crippen LogP contribution in [0.5, 0.6) is 0 Å². The number of alkyl carbamates (subject to hydrolysis) is 1. The topological polar surface area (TPSA) is 120 Å². The Morgan fingerprint density at radius 2 is 1.27 bits per heavy atom. The van der Waals surface area contributed by atoms with Crippen LogP contribution in [0.3, 0.4) is 0 Å². The van der Waals surface area contributed by atoms with Crippen molar-refractivity contribution in [2.45, 2.75) is 0 Å². The van der Waals surface area contributed by atoms with E-state index in [0.29, 0.717) is 35.4 Å². The molecule has 0 saturated heterocycles. The second kappa shape index (κ2) is 35.6. The first kappa shape index (κ1) is 38.6. The quantitative estimate of drug-likeness (QED) is 0.0233.